The number of nitriles is 1. The highest BCUT2D eigenvalue weighted by Crippen LogP contribution is 2.15. The molecule has 0 aliphatic rings. The SMILES string of the molecule is CNCC#Cc1ccc(Cl)c(C#N)c1. The summed E-state index contributed by atoms with van der Waals surface area (Å²) in [6.07, 6.45) is 0. The zero-order valence-corrected chi connectivity index (χ0v) is 8.52. The van der Waals surface area contributed by atoms with Crippen LogP contribution in [0.25, 0.3) is 0 Å². The lowest BCUT2D eigenvalue weighted by molar-refractivity contribution is 0.938. The molecular formula is C11H9ClN2. The van der Waals surface area contributed by atoms with Crippen molar-refractivity contribution in [2.75, 3.05) is 13.6 Å². The highest BCUT2D eigenvalue weighted by molar-refractivity contribution is 6.31. The second-order valence-corrected chi connectivity index (χ2v) is 3.05. The third kappa shape index (κ3) is 2.78. The Morgan fingerprint density at radius 2 is 2.29 bits per heavy atom. The second-order valence-electron chi connectivity index (χ2n) is 2.64. The Morgan fingerprint density at radius 1 is 1.50 bits per heavy atom. The quantitative estimate of drug-likeness (QED) is 0.708. The van der Waals surface area contributed by atoms with E-state index in [9.17, 15) is 0 Å². The van der Waals surface area contributed by atoms with Crippen molar-refractivity contribution in [3.05, 3.63) is 34.3 Å². The third-order valence-electron chi connectivity index (χ3n) is 1.58. The standard InChI is InChI=1S/C11H9ClN2/c1-14-6-2-3-9-4-5-11(12)10(7-9)8-13/h4-5,7,14H,6H2,1H3. The van der Waals surface area contributed by atoms with Gasteiger partial charge < -0.3 is 5.32 Å². The van der Waals surface area contributed by atoms with Crippen molar-refractivity contribution < 1.29 is 0 Å². The Balaban J connectivity index is 2.93. The van der Waals surface area contributed by atoms with Gasteiger partial charge in [0.1, 0.15) is 6.07 Å². The van der Waals surface area contributed by atoms with E-state index in [-0.39, 0.29) is 0 Å². The molecule has 0 amide bonds. The lowest BCUT2D eigenvalue weighted by Crippen LogP contribution is -2.04. The van der Waals surface area contributed by atoms with Crippen molar-refractivity contribution >= 4 is 11.6 Å². The monoisotopic (exact) mass is 204 g/mol. The van der Waals surface area contributed by atoms with E-state index in [1.807, 2.05) is 13.1 Å². The van der Waals surface area contributed by atoms with Crippen molar-refractivity contribution in [3.8, 4) is 17.9 Å². The first-order chi connectivity index (χ1) is 6.77. The molecule has 0 aliphatic carbocycles. The van der Waals surface area contributed by atoms with E-state index in [2.05, 4.69) is 17.2 Å². The van der Waals surface area contributed by atoms with Crippen molar-refractivity contribution in [3.63, 3.8) is 0 Å². The van der Waals surface area contributed by atoms with E-state index in [0.717, 1.165) is 5.56 Å². The molecule has 0 fully saturated rings. The maximum atomic E-state index is 8.72. The molecule has 0 atom stereocenters. The van der Waals surface area contributed by atoms with Gasteiger partial charge in [0.25, 0.3) is 0 Å². The zero-order valence-electron chi connectivity index (χ0n) is 7.76. The first-order valence-corrected chi connectivity index (χ1v) is 4.49. The lowest BCUT2D eigenvalue weighted by atomic mass is 10.1. The molecule has 1 N–H and O–H groups in total. The molecule has 0 unspecified atom stereocenters. The predicted molar refractivity (Wildman–Crippen MR) is 57.0 cm³/mol. The van der Waals surface area contributed by atoms with Gasteiger partial charge in [-0.15, -0.1) is 0 Å². The number of nitrogens with zero attached hydrogens (tertiary/aromatic N) is 1. The van der Waals surface area contributed by atoms with E-state index < -0.39 is 0 Å². The van der Waals surface area contributed by atoms with Gasteiger partial charge in [0.2, 0.25) is 0 Å². The van der Waals surface area contributed by atoms with E-state index in [0.29, 0.717) is 17.1 Å². The molecule has 1 rings (SSSR count). The molecule has 2 nitrogen and oxygen atoms in total. The number of halogens is 1. The van der Waals surface area contributed by atoms with Crippen LogP contribution in [0.1, 0.15) is 11.1 Å². The van der Waals surface area contributed by atoms with Crippen LogP contribution >= 0.6 is 11.6 Å². The fraction of sp³-hybridized carbons (Fsp3) is 0.182. The molecular weight excluding hydrogens is 196 g/mol. The Kier molecular flexibility index (Phi) is 4.01. The minimum absolute atomic E-state index is 0.461. The molecule has 0 saturated heterocycles. The average Bonchev–Trinajstić information content (AvgIpc) is 2.21. The maximum Gasteiger partial charge on any atom is 0.101 e. The van der Waals surface area contributed by atoms with Crippen LogP contribution in [0.4, 0.5) is 0 Å². The van der Waals surface area contributed by atoms with Gasteiger partial charge in [-0.05, 0) is 25.2 Å². The average molecular weight is 205 g/mol. The van der Waals surface area contributed by atoms with Crippen molar-refractivity contribution in [2.45, 2.75) is 0 Å². The van der Waals surface area contributed by atoms with Gasteiger partial charge >= 0.3 is 0 Å². The highest BCUT2D eigenvalue weighted by Gasteiger charge is 1.98. The fourth-order valence-corrected chi connectivity index (χ4v) is 1.08. The number of rotatable bonds is 1. The molecule has 0 spiro atoms. The van der Waals surface area contributed by atoms with E-state index >= 15 is 0 Å². The van der Waals surface area contributed by atoms with Gasteiger partial charge in [-0.1, -0.05) is 23.4 Å². The first-order valence-electron chi connectivity index (χ1n) is 4.11. The van der Waals surface area contributed by atoms with Crippen molar-refractivity contribution in [1.82, 2.24) is 5.32 Å². The Hall–Kier alpha value is -1.48. The molecule has 0 radical (unpaired) electrons. The van der Waals surface area contributed by atoms with Gasteiger partial charge in [-0.2, -0.15) is 5.26 Å². The molecule has 1 aromatic carbocycles. The predicted octanol–water partition coefficient (Wildman–Crippen LogP) is 1.78. The molecule has 0 heterocycles. The number of hydrogen-bond acceptors (Lipinski definition) is 2. The van der Waals surface area contributed by atoms with Crippen molar-refractivity contribution in [2.24, 2.45) is 0 Å². The van der Waals surface area contributed by atoms with Gasteiger partial charge in [0, 0.05) is 5.56 Å². The molecule has 0 bridgehead atoms. The summed E-state index contributed by atoms with van der Waals surface area (Å²) in [5.74, 6) is 5.83. The normalized spacial score (nSPS) is 8.64. The Morgan fingerprint density at radius 3 is 2.93 bits per heavy atom. The molecule has 1 aromatic rings. The highest BCUT2D eigenvalue weighted by atomic mass is 35.5. The van der Waals surface area contributed by atoms with Crippen LogP contribution in [0.2, 0.25) is 5.02 Å². The Labute approximate surface area is 88.5 Å². The summed E-state index contributed by atoms with van der Waals surface area (Å²) in [5, 5.41) is 12.1. The summed E-state index contributed by atoms with van der Waals surface area (Å²) < 4.78 is 0. The number of hydrogen-bond donors (Lipinski definition) is 1. The van der Waals surface area contributed by atoms with Crippen LogP contribution in [0, 0.1) is 23.2 Å². The molecule has 0 aromatic heterocycles. The van der Waals surface area contributed by atoms with E-state index in [1.165, 1.54) is 0 Å². The minimum atomic E-state index is 0.461. The van der Waals surface area contributed by atoms with Crippen LogP contribution < -0.4 is 5.32 Å². The molecule has 14 heavy (non-hydrogen) atoms. The third-order valence-corrected chi connectivity index (χ3v) is 1.91. The molecule has 70 valence electrons. The van der Waals surface area contributed by atoms with E-state index in [1.54, 1.807) is 18.2 Å². The lowest BCUT2D eigenvalue weighted by Gasteiger charge is -1.94. The summed E-state index contributed by atoms with van der Waals surface area (Å²) in [4.78, 5) is 0. The second kappa shape index (κ2) is 5.29. The van der Waals surface area contributed by atoms with E-state index in [4.69, 9.17) is 16.9 Å². The topological polar surface area (TPSA) is 35.8 Å². The summed E-state index contributed by atoms with van der Waals surface area (Å²) in [6, 6.07) is 7.18. The minimum Gasteiger partial charge on any atom is -0.309 e. The molecule has 0 saturated carbocycles. The summed E-state index contributed by atoms with van der Waals surface area (Å²) >= 11 is 5.77. The molecule has 3 heteroatoms. The summed E-state index contributed by atoms with van der Waals surface area (Å²) in [5.41, 5.74) is 1.27. The smallest absolute Gasteiger partial charge is 0.101 e. The van der Waals surface area contributed by atoms with Gasteiger partial charge in [0.05, 0.1) is 17.1 Å². The van der Waals surface area contributed by atoms with Gasteiger partial charge in [-0.25, -0.2) is 0 Å². The maximum absolute atomic E-state index is 8.72. The van der Waals surface area contributed by atoms with Crippen LogP contribution in [0.3, 0.4) is 0 Å². The fourth-order valence-electron chi connectivity index (χ4n) is 0.923. The number of nitrogens with one attached hydrogen (secondary N) is 1. The van der Waals surface area contributed by atoms with Crippen molar-refractivity contribution in [1.29, 1.82) is 5.26 Å². The summed E-state index contributed by atoms with van der Waals surface area (Å²) in [6.45, 7) is 0.629. The van der Waals surface area contributed by atoms with Crippen LogP contribution in [-0.4, -0.2) is 13.6 Å². The largest absolute Gasteiger partial charge is 0.309 e. The Bertz CT molecular complexity index is 421. The van der Waals surface area contributed by atoms with Crippen LogP contribution in [0.15, 0.2) is 18.2 Å². The number of benzene rings is 1. The van der Waals surface area contributed by atoms with Gasteiger partial charge in [-0.3, -0.25) is 0 Å². The van der Waals surface area contributed by atoms with Crippen LogP contribution in [0.5, 0.6) is 0 Å². The van der Waals surface area contributed by atoms with Crippen LogP contribution in [-0.2, 0) is 0 Å². The first kappa shape index (κ1) is 10.6. The summed E-state index contributed by atoms with van der Waals surface area (Å²) in [7, 11) is 1.83. The zero-order chi connectivity index (χ0) is 10.4. The molecule has 0 aliphatic heterocycles. The van der Waals surface area contributed by atoms with Gasteiger partial charge in [0.15, 0.2) is 0 Å².